The number of hydrogen-bond acceptors (Lipinski definition) is 7. The van der Waals surface area contributed by atoms with E-state index in [4.69, 9.17) is 15.2 Å². The molecule has 1 aliphatic rings. The number of carbonyl (C=O) groups excluding carboxylic acids is 2. The van der Waals surface area contributed by atoms with Gasteiger partial charge in [-0.3, -0.25) is 14.9 Å². The molecule has 0 saturated carbocycles. The van der Waals surface area contributed by atoms with E-state index in [1.165, 1.54) is 0 Å². The summed E-state index contributed by atoms with van der Waals surface area (Å²) in [6.45, 7) is 10.6. The fourth-order valence-corrected chi connectivity index (χ4v) is 2.35. The van der Waals surface area contributed by atoms with Crippen LogP contribution in [0.3, 0.4) is 0 Å². The van der Waals surface area contributed by atoms with Crippen molar-refractivity contribution >= 4 is 11.9 Å². The van der Waals surface area contributed by atoms with Gasteiger partial charge in [-0.15, -0.1) is 0 Å². The fraction of sp³-hybridized carbons (Fsp3) is 0.875. The first-order valence-electron chi connectivity index (χ1n) is 7.94. The van der Waals surface area contributed by atoms with Gasteiger partial charge in [0.25, 0.3) is 0 Å². The molecule has 23 heavy (non-hydrogen) atoms. The molecule has 0 radical (unpaired) electrons. The van der Waals surface area contributed by atoms with E-state index >= 15 is 0 Å². The van der Waals surface area contributed by atoms with Gasteiger partial charge < -0.3 is 20.3 Å². The predicted molar refractivity (Wildman–Crippen MR) is 85.6 cm³/mol. The van der Waals surface area contributed by atoms with Crippen LogP contribution in [0, 0.1) is 0 Å². The Kier molecular flexibility index (Phi) is 6.18. The van der Waals surface area contributed by atoms with Crippen molar-refractivity contribution in [1.82, 2.24) is 5.32 Å². The molecule has 0 aromatic carbocycles. The number of nitrogens with two attached hydrogens (primary N) is 1. The maximum Gasteiger partial charge on any atom is 0.323 e. The lowest BCUT2D eigenvalue weighted by atomic mass is 10.0. The Bertz CT molecular complexity index is 439. The minimum Gasteiger partial charge on any atom is -0.459 e. The van der Waals surface area contributed by atoms with E-state index in [2.05, 4.69) is 5.32 Å². The fourth-order valence-electron chi connectivity index (χ4n) is 2.35. The van der Waals surface area contributed by atoms with Crippen LogP contribution < -0.4 is 11.1 Å². The van der Waals surface area contributed by atoms with E-state index in [1.54, 1.807) is 41.5 Å². The molecule has 4 N–H and O–H groups in total. The monoisotopic (exact) mass is 330 g/mol. The lowest BCUT2D eigenvalue weighted by Gasteiger charge is -2.24. The number of aliphatic hydroxyl groups is 1. The summed E-state index contributed by atoms with van der Waals surface area (Å²) in [6.07, 6.45) is -0.336. The molecule has 1 heterocycles. The van der Waals surface area contributed by atoms with Crippen molar-refractivity contribution in [1.29, 1.82) is 0 Å². The highest BCUT2D eigenvalue weighted by Gasteiger charge is 2.40. The minimum absolute atomic E-state index is 0.190. The van der Waals surface area contributed by atoms with Gasteiger partial charge in [0, 0.05) is 12.5 Å². The van der Waals surface area contributed by atoms with Gasteiger partial charge in [-0.25, -0.2) is 0 Å². The number of nitrogens with one attached hydrogen (secondary N) is 1. The normalized spacial score (nSPS) is 26.7. The molecule has 1 aliphatic heterocycles. The molecule has 7 heteroatoms. The van der Waals surface area contributed by atoms with Crippen molar-refractivity contribution in [3.05, 3.63) is 0 Å². The Morgan fingerprint density at radius 1 is 1.17 bits per heavy atom. The Balaban J connectivity index is 2.56. The summed E-state index contributed by atoms with van der Waals surface area (Å²) in [5, 5.41) is 13.1. The Hall–Kier alpha value is -1.18. The van der Waals surface area contributed by atoms with Crippen molar-refractivity contribution in [3.8, 4) is 0 Å². The molecule has 1 rings (SSSR count). The van der Waals surface area contributed by atoms with E-state index in [9.17, 15) is 14.7 Å². The molecule has 0 aromatic heterocycles. The first-order valence-corrected chi connectivity index (χ1v) is 7.94. The molecule has 0 aromatic rings. The van der Waals surface area contributed by atoms with E-state index in [-0.39, 0.29) is 12.8 Å². The molecule has 1 fully saturated rings. The highest BCUT2D eigenvalue weighted by molar-refractivity contribution is 5.77. The summed E-state index contributed by atoms with van der Waals surface area (Å²) >= 11 is 0. The maximum atomic E-state index is 12.0. The number of ether oxygens (including phenoxy) is 2. The predicted octanol–water partition coefficient (Wildman–Crippen LogP) is 0.479. The zero-order valence-corrected chi connectivity index (χ0v) is 14.9. The van der Waals surface area contributed by atoms with Gasteiger partial charge in [0.05, 0.1) is 6.10 Å². The average molecular weight is 330 g/mol. The van der Waals surface area contributed by atoms with Crippen molar-refractivity contribution in [2.45, 2.75) is 89.8 Å². The van der Waals surface area contributed by atoms with Crippen LogP contribution in [-0.2, 0) is 19.1 Å². The van der Waals surface area contributed by atoms with Crippen LogP contribution in [-0.4, -0.2) is 52.5 Å². The second kappa shape index (κ2) is 7.15. The highest BCUT2D eigenvalue weighted by Crippen LogP contribution is 2.21. The van der Waals surface area contributed by atoms with Crippen molar-refractivity contribution in [3.63, 3.8) is 0 Å². The molecule has 0 amide bonds. The van der Waals surface area contributed by atoms with Crippen molar-refractivity contribution in [2.75, 3.05) is 0 Å². The Labute approximate surface area is 137 Å². The van der Waals surface area contributed by atoms with Gasteiger partial charge >= 0.3 is 11.9 Å². The second-order valence-electron chi connectivity index (χ2n) is 8.04. The van der Waals surface area contributed by atoms with Crippen LogP contribution in [0.4, 0.5) is 0 Å². The number of hydrogen-bond donors (Lipinski definition) is 3. The largest absolute Gasteiger partial charge is 0.459 e. The van der Waals surface area contributed by atoms with Gasteiger partial charge in [-0.05, 0) is 48.0 Å². The van der Waals surface area contributed by atoms with Gasteiger partial charge in [0.1, 0.15) is 23.3 Å². The maximum absolute atomic E-state index is 12.0. The highest BCUT2D eigenvalue weighted by atomic mass is 16.6. The minimum atomic E-state index is -0.862. The number of esters is 2. The SMILES string of the molecule is CC(C)(C)OC(=O)[C@@H]1CC(O)[C@H](C[C@H](N)C(=O)OC(C)(C)C)N1. The second-order valence-corrected chi connectivity index (χ2v) is 8.04. The number of carbonyl (C=O) groups is 2. The molecule has 0 aliphatic carbocycles. The molecular weight excluding hydrogens is 300 g/mol. The topological polar surface area (TPSA) is 111 Å². The summed E-state index contributed by atoms with van der Waals surface area (Å²) in [4.78, 5) is 23.9. The molecule has 7 nitrogen and oxygen atoms in total. The summed E-state index contributed by atoms with van der Waals surface area (Å²) in [7, 11) is 0. The third-order valence-electron chi connectivity index (χ3n) is 3.27. The van der Waals surface area contributed by atoms with Gasteiger partial charge in [0.2, 0.25) is 0 Å². The van der Waals surface area contributed by atoms with E-state index in [0.717, 1.165) is 0 Å². The third-order valence-corrected chi connectivity index (χ3v) is 3.27. The van der Waals surface area contributed by atoms with Crippen molar-refractivity contribution < 1.29 is 24.2 Å². The zero-order chi connectivity index (χ0) is 18.0. The first kappa shape index (κ1) is 19.9. The van der Waals surface area contributed by atoms with Crippen LogP contribution in [0.5, 0.6) is 0 Å². The Morgan fingerprint density at radius 2 is 1.70 bits per heavy atom. The summed E-state index contributed by atoms with van der Waals surface area (Å²) in [5.74, 6) is -0.933. The molecule has 134 valence electrons. The summed E-state index contributed by atoms with van der Waals surface area (Å²) in [5.41, 5.74) is 4.64. The van der Waals surface area contributed by atoms with Crippen LogP contribution in [0.15, 0.2) is 0 Å². The van der Waals surface area contributed by atoms with Crippen LogP contribution in [0.25, 0.3) is 0 Å². The molecular formula is C16H30N2O5. The van der Waals surface area contributed by atoms with Gasteiger partial charge in [-0.2, -0.15) is 0 Å². The molecule has 1 unspecified atom stereocenters. The van der Waals surface area contributed by atoms with E-state index in [0.29, 0.717) is 0 Å². The van der Waals surface area contributed by atoms with Crippen LogP contribution in [0.1, 0.15) is 54.4 Å². The lowest BCUT2D eigenvalue weighted by Crippen LogP contribution is -2.46. The third kappa shape index (κ3) is 6.85. The number of aliphatic hydroxyl groups excluding tert-OH is 1. The van der Waals surface area contributed by atoms with E-state index < -0.39 is 47.4 Å². The van der Waals surface area contributed by atoms with Crippen molar-refractivity contribution in [2.24, 2.45) is 5.73 Å². The molecule has 0 spiro atoms. The quantitative estimate of drug-likeness (QED) is 0.643. The van der Waals surface area contributed by atoms with Crippen LogP contribution in [0.2, 0.25) is 0 Å². The summed E-state index contributed by atoms with van der Waals surface area (Å²) in [6, 6.07) is -1.91. The smallest absolute Gasteiger partial charge is 0.323 e. The Morgan fingerprint density at radius 3 is 2.17 bits per heavy atom. The molecule has 1 saturated heterocycles. The van der Waals surface area contributed by atoms with E-state index in [1.807, 2.05) is 0 Å². The first-order chi connectivity index (χ1) is 10.3. The van der Waals surface area contributed by atoms with Gasteiger partial charge in [-0.1, -0.05) is 0 Å². The molecule has 4 atom stereocenters. The van der Waals surface area contributed by atoms with Crippen LogP contribution >= 0.6 is 0 Å². The van der Waals surface area contributed by atoms with Gasteiger partial charge in [0.15, 0.2) is 0 Å². The molecule has 0 bridgehead atoms. The average Bonchev–Trinajstić information content (AvgIpc) is 2.66. The summed E-state index contributed by atoms with van der Waals surface area (Å²) < 4.78 is 10.5. The lowest BCUT2D eigenvalue weighted by molar-refractivity contribution is -0.157. The number of rotatable bonds is 4. The standard InChI is InChI=1S/C16H30N2O5/c1-15(2,3)22-13(20)9(17)7-10-12(19)8-11(18-10)14(21)23-16(4,5)6/h9-12,18-19H,7-8,17H2,1-6H3/t9-,10-,11-,12?/m0/s1. The zero-order valence-electron chi connectivity index (χ0n) is 14.9.